The van der Waals surface area contributed by atoms with Crippen LogP contribution in [0.15, 0.2) is 48.5 Å². The third-order valence-electron chi connectivity index (χ3n) is 7.13. The first-order valence-electron chi connectivity index (χ1n) is 12.7. The number of carbonyl (C=O) groups is 3. The fraction of sp³-hybridized carbons (Fsp3) is 0.483. The molecule has 1 fully saturated rings. The Bertz CT molecular complexity index is 1160. The van der Waals surface area contributed by atoms with Gasteiger partial charge in [0.15, 0.2) is 0 Å². The van der Waals surface area contributed by atoms with E-state index in [0.29, 0.717) is 0 Å². The van der Waals surface area contributed by atoms with Gasteiger partial charge in [-0.3, -0.25) is 4.79 Å². The van der Waals surface area contributed by atoms with E-state index in [4.69, 9.17) is 9.47 Å². The van der Waals surface area contributed by atoms with Crippen LogP contribution in [0.5, 0.6) is 0 Å². The first-order chi connectivity index (χ1) is 17.3. The van der Waals surface area contributed by atoms with Crippen LogP contribution in [-0.4, -0.2) is 58.0 Å². The number of carbonyl (C=O) groups excluding carboxylic acids is 2. The third-order valence-corrected chi connectivity index (χ3v) is 7.13. The number of fused-ring (bicyclic) bond motifs is 3. The van der Waals surface area contributed by atoms with Gasteiger partial charge in [0, 0.05) is 18.0 Å². The molecule has 0 bridgehead atoms. The molecule has 1 unspecified atom stereocenters. The molecule has 1 heterocycles. The average Bonchev–Trinajstić information content (AvgIpc) is 3.09. The van der Waals surface area contributed by atoms with E-state index in [-0.39, 0.29) is 38.3 Å². The lowest BCUT2D eigenvalue weighted by molar-refractivity contribution is -0.139. The van der Waals surface area contributed by atoms with Crippen LogP contribution in [-0.2, 0) is 14.3 Å². The lowest BCUT2D eigenvalue weighted by atomic mass is 9.75. The van der Waals surface area contributed by atoms with E-state index < -0.39 is 34.8 Å². The molecule has 0 saturated carbocycles. The Labute approximate surface area is 217 Å². The minimum absolute atomic E-state index is 0.0981. The summed E-state index contributed by atoms with van der Waals surface area (Å²) in [5, 5.41) is 12.5. The largest absolute Gasteiger partial charge is 0.481 e. The van der Waals surface area contributed by atoms with Crippen LogP contribution in [0.3, 0.4) is 0 Å². The summed E-state index contributed by atoms with van der Waals surface area (Å²) in [7, 11) is 0. The number of likely N-dealkylation sites (tertiary alicyclic amines) is 1. The monoisotopic (exact) mass is 508 g/mol. The van der Waals surface area contributed by atoms with E-state index in [9.17, 15) is 19.5 Å². The van der Waals surface area contributed by atoms with Gasteiger partial charge in [0.05, 0.1) is 12.0 Å². The molecule has 2 N–H and O–H groups in total. The summed E-state index contributed by atoms with van der Waals surface area (Å²) >= 11 is 0. The van der Waals surface area contributed by atoms with E-state index >= 15 is 0 Å². The molecule has 37 heavy (non-hydrogen) atoms. The van der Waals surface area contributed by atoms with Crippen molar-refractivity contribution in [3.05, 3.63) is 59.7 Å². The molecule has 2 aromatic carbocycles. The molecule has 0 radical (unpaired) electrons. The fourth-order valence-electron chi connectivity index (χ4n) is 5.74. The smallest absolute Gasteiger partial charge is 0.410 e. The normalized spacial score (nSPS) is 20.5. The number of rotatable bonds is 5. The Hall–Kier alpha value is -3.55. The number of nitrogens with one attached hydrogen (secondary N) is 1. The Morgan fingerprint density at radius 3 is 2.11 bits per heavy atom. The summed E-state index contributed by atoms with van der Waals surface area (Å²) in [5.41, 5.74) is 2.01. The Kier molecular flexibility index (Phi) is 6.97. The SMILES string of the molecule is CC(C)(C)OC(=O)N1CCC(CC(=O)O)(NC(=O)OCC2c3ccccc3-c3ccccc32)CC1(C)C. The minimum Gasteiger partial charge on any atom is -0.481 e. The lowest BCUT2D eigenvalue weighted by Crippen LogP contribution is -2.64. The number of benzene rings is 2. The molecule has 0 spiro atoms. The van der Waals surface area contributed by atoms with Crippen molar-refractivity contribution in [1.29, 1.82) is 0 Å². The van der Waals surface area contributed by atoms with Crippen molar-refractivity contribution < 1.29 is 29.0 Å². The van der Waals surface area contributed by atoms with Crippen molar-refractivity contribution in [3.63, 3.8) is 0 Å². The van der Waals surface area contributed by atoms with E-state index in [2.05, 4.69) is 17.4 Å². The maximum atomic E-state index is 13.1. The summed E-state index contributed by atoms with van der Waals surface area (Å²) < 4.78 is 11.3. The Balaban J connectivity index is 1.47. The number of amides is 2. The second kappa shape index (κ2) is 9.72. The summed E-state index contributed by atoms with van der Waals surface area (Å²) in [6, 6.07) is 16.1. The molecule has 2 aliphatic rings. The van der Waals surface area contributed by atoms with Gasteiger partial charge in [0.1, 0.15) is 12.2 Å². The molecule has 8 nitrogen and oxygen atoms in total. The van der Waals surface area contributed by atoms with Gasteiger partial charge < -0.3 is 24.8 Å². The van der Waals surface area contributed by atoms with Crippen molar-refractivity contribution in [3.8, 4) is 11.1 Å². The zero-order chi connectivity index (χ0) is 27.0. The standard InChI is InChI=1S/C29H36N2O6/c1-27(2,3)37-26(35)31-15-14-29(16-24(32)33,18-28(31,4)5)30-25(34)36-17-23-21-12-8-6-10-19(21)20-11-7-9-13-22(20)23/h6-13,23H,14-18H2,1-5H3,(H,30,34)(H,32,33). The number of aliphatic carboxylic acids is 1. The third kappa shape index (κ3) is 5.73. The minimum atomic E-state index is -1.06. The number of piperidine rings is 1. The topological polar surface area (TPSA) is 105 Å². The van der Waals surface area contributed by atoms with E-state index in [1.165, 1.54) is 0 Å². The van der Waals surface area contributed by atoms with E-state index in [0.717, 1.165) is 22.3 Å². The van der Waals surface area contributed by atoms with Crippen molar-refractivity contribution in [2.24, 2.45) is 0 Å². The Morgan fingerprint density at radius 1 is 1.03 bits per heavy atom. The molecule has 1 aliphatic heterocycles. The molecule has 4 rings (SSSR count). The van der Waals surface area contributed by atoms with E-state index in [1.54, 1.807) is 25.7 Å². The molecular weight excluding hydrogens is 472 g/mol. The lowest BCUT2D eigenvalue weighted by Gasteiger charge is -2.50. The summed E-state index contributed by atoms with van der Waals surface area (Å²) in [6.07, 6.45) is -0.878. The molecule has 8 heteroatoms. The molecule has 1 atom stereocenters. The van der Waals surface area contributed by atoms with Crippen LogP contribution in [0.1, 0.15) is 70.9 Å². The summed E-state index contributed by atoms with van der Waals surface area (Å²) in [5.74, 6) is -1.13. The maximum Gasteiger partial charge on any atom is 0.410 e. The predicted molar refractivity (Wildman–Crippen MR) is 139 cm³/mol. The molecule has 2 amide bonds. The number of carboxylic acids is 1. The van der Waals surface area contributed by atoms with Gasteiger partial charge in [-0.25, -0.2) is 9.59 Å². The number of hydrogen-bond acceptors (Lipinski definition) is 5. The van der Waals surface area contributed by atoms with E-state index in [1.807, 2.05) is 50.2 Å². The second-order valence-corrected chi connectivity index (χ2v) is 11.7. The van der Waals surface area contributed by atoms with Gasteiger partial charge in [-0.15, -0.1) is 0 Å². The fourth-order valence-corrected chi connectivity index (χ4v) is 5.74. The predicted octanol–water partition coefficient (Wildman–Crippen LogP) is 5.55. The van der Waals surface area contributed by atoms with Gasteiger partial charge in [0.2, 0.25) is 0 Å². The maximum absolute atomic E-state index is 13.1. The molecule has 1 aliphatic carbocycles. The van der Waals surface area contributed by atoms with Gasteiger partial charge in [-0.1, -0.05) is 48.5 Å². The second-order valence-electron chi connectivity index (χ2n) is 11.7. The first-order valence-corrected chi connectivity index (χ1v) is 12.7. The van der Waals surface area contributed by atoms with Crippen LogP contribution >= 0.6 is 0 Å². The summed E-state index contributed by atoms with van der Waals surface area (Å²) in [4.78, 5) is 39.3. The number of nitrogens with zero attached hydrogens (tertiary/aromatic N) is 1. The molecule has 1 saturated heterocycles. The highest BCUT2D eigenvalue weighted by Crippen LogP contribution is 2.44. The van der Waals surface area contributed by atoms with Gasteiger partial charge in [-0.2, -0.15) is 0 Å². The van der Waals surface area contributed by atoms with Crippen molar-refractivity contribution >= 4 is 18.2 Å². The first kappa shape index (κ1) is 26.5. The molecule has 2 aromatic rings. The summed E-state index contributed by atoms with van der Waals surface area (Å²) in [6.45, 7) is 9.49. The van der Waals surface area contributed by atoms with Gasteiger partial charge in [-0.05, 0) is 69.7 Å². The van der Waals surface area contributed by atoms with Gasteiger partial charge in [0.25, 0.3) is 0 Å². The molecule has 198 valence electrons. The van der Waals surface area contributed by atoms with Crippen LogP contribution in [0.25, 0.3) is 11.1 Å². The van der Waals surface area contributed by atoms with Gasteiger partial charge >= 0.3 is 18.2 Å². The highest BCUT2D eigenvalue weighted by molar-refractivity contribution is 5.79. The van der Waals surface area contributed by atoms with Crippen LogP contribution in [0.4, 0.5) is 9.59 Å². The highest BCUT2D eigenvalue weighted by atomic mass is 16.6. The van der Waals surface area contributed by atoms with Crippen LogP contribution < -0.4 is 5.32 Å². The van der Waals surface area contributed by atoms with Crippen LogP contribution in [0, 0.1) is 0 Å². The van der Waals surface area contributed by atoms with Crippen molar-refractivity contribution in [2.45, 2.75) is 76.5 Å². The zero-order valence-electron chi connectivity index (χ0n) is 22.2. The average molecular weight is 509 g/mol. The number of hydrogen-bond donors (Lipinski definition) is 2. The van der Waals surface area contributed by atoms with Crippen molar-refractivity contribution in [1.82, 2.24) is 10.2 Å². The highest BCUT2D eigenvalue weighted by Gasteiger charge is 2.49. The molecule has 0 aromatic heterocycles. The zero-order valence-corrected chi connectivity index (χ0v) is 22.2. The van der Waals surface area contributed by atoms with Crippen LogP contribution in [0.2, 0.25) is 0 Å². The molecular formula is C29H36N2O6. The number of ether oxygens (including phenoxy) is 2. The number of alkyl carbamates (subject to hydrolysis) is 1. The van der Waals surface area contributed by atoms with Crippen molar-refractivity contribution in [2.75, 3.05) is 13.2 Å². The number of carboxylic acid groups (broad SMARTS) is 1. The Morgan fingerprint density at radius 2 is 1.59 bits per heavy atom. The quantitative estimate of drug-likeness (QED) is 0.549.